The molecule has 0 bridgehead atoms. The SMILES string of the molecule is O=C(CSCc1coc(-c2ccccc2)n1)Nc1ccc(-c2cn3c(n2)CCCC3)cc1. The van der Waals surface area contributed by atoms with Crippen LogP contribution in [0.3, 0.4) is 0 Å². The third kappa shape index (κ3) is 4.78. The fourth-order valence-corrected chi connectivity index (χ4v) is 4.51. The number of rotatable bonds is 7. The molecule has 1 aliphatic rings. The van der Waals surface area contributed by atoms with Crippen LogP contribution >= 0.6 is 11.8 Å². The van der Waals surface area contributed by atoms with Crippen molar-refractivity contribution < 1.29 is 9.21 Å². The standard InChI is InChI=1S/C25H24N4O2S/c30-24(17-32-16-21-15-31-25(27-21)19-6-2-1-3-7-19)26-20-11-9-18(10-12-20)22-14-29-13-5-4-8-23(29)28-22/h1-3,6-7,9-12,14-15H,4-5,8,13,16-17H2,(H,26,30). The first kappa shape index (κ1) is 20.6. The van der Waals surface area contributed by atoms with Gasteiger partial charge in [0.05, 0.1) is 17.1 Å². The molecule has 0 spiro atoms. The smallest absolute Gasteiger partial charge is 0.234 e. The van der Waals surface area contributed by atoms with Crippen LogP contribution in [0.5, 0.6) is 0 Å². The van der Waals surface area contributed by atoms with Gasteiger partial charge >= 0.3 is 0 Å². The summed E-state index contributed by atoms with van der Waals surface area (Å²) in [6.07, 6.45) is 7.26. The summed E-state index contributed by atoms with van der Waals surface area (Å²) >= 11 is 1.51. The lowest BCUT2D eigenvalue weighted by Crippen LogP contribution is -2.14. The van der Waals surface area contributed by atoms with E-state index >= 15 is 0 Å². The van der Waals surface area contributed by atoms with E-state index < -0.39 is 0 Å². The predicted molar refractivity (Wildman–Crippen MR) is 127 cm³/mol. The number of carbonyl (C=O) groups is 1. The molecule has 0 fully saturated rings. The van der Waals surface area contributed by atoms with Crippen LogP contribution in [0.15, 0.2) is 71.5 Å². The lowest BCUT2D eigenvalue weighted by atomic mass is 10.1. The quantitative estimate of drug-likeness (QED) is 0.412. The Balaban J connectivity index is 1.11. The van der Waals surface area contributed by atoms with Crippen molar-refractivity contribution >= 4 is 23.4 Å². The number of aromatic nitrogens is 3. The van der Waals surface area contributed by atoms with Crippen molar-refractivity contribution in [3.8, 4) is 22.7 Å². The molecule has 1 amide bonds. The van der Waals surface area contributed by atoms with Gasteiger partial charge in [-0.3, -0.25) is 4.79 Å². The highest BCUT2D eigenvalue weighted by Gasteiger charge is 2.13. The first-order chi connectivity index (χ1) is 15.7. The highest BCUT2D eigenvalue weighted by atomic mass is 32.2. The zero-order valence-electron chi connectivity index (χ0n) is 17.7. The van der Waals surface area contributed by atoms with Crippen LogP contribution in [0.25, 0.3) is 22.7 Å². The minimum atomic E-state index is -0.0352. The highest BCUT2D eigenvalue weighted by Crippen LogP contribution is 2.24. The summed E-state index contributed by atoms with van der Waals surface area (Å²) in [7, 11) is 0. The summed E-state index contributed by atoms with van der Waals surface area (Å²) < 4.78 is 7.80. The maximum Gasteiger partial charge on any atom is 0.234 e. The normalized spacial score (nSPS) is 13.0. The summed E-state index contributed by atoms with van der Waals surface area (Å²) in [5.74, 6) is 2.71. The van der Waals surface area contributed by atoms with E-state index in [0.29, 0.717) is 17.4 Å². The predicted octanol–water partition coefficient (Wildman–Crippen LogP) is 5.41. The van der Waals surface area contributed by atoms with Crippen molar-refractivity contribution in [2.45, 2.75) is 31.6 Å². The van der Waals surface area contributed by atoms with Crippen LogP contribution in [0.1, 0.15) is 24.4 Å². The highest BCUT2D eigenvalue weighted by molar-refractivity contribution is 7.99. The molecule has 0 aliphatic carbocycles. The second-order valence-corrected chi connectivity index (χ2v) is 8.81. The van der Waals surface area contributed by atoms with Gasteiger partial charge in [0.2, 0.25) is 11.8 Å². The summed E-state index contributed by atoms with van der Waals surface area (Å²) in [5, 5.41) is 2.96. The molecule has 6 nitrogen and oxygen atoms in total. The minimum Gasteiger partial charge on any atom is -0.444 e. The third-order valence-electron chi connectivity index (χ3n) is 5.43. The summed E-state index contributed by atoms with van der Waals surface area (Å²) in [5.41, 5.74) is 4.63. The molecule has 7 heteroatoms. The molecule has 0 unspecified atom stereocenters. The van der Waals surface area contributed by atoms with Crippen LogP contribution in [-0.2, 0) is 23.5 Å². The molecular formula is C25H24N4O2S. The van der Waals surface area contributed by atoms with Gasteiger partial charge in [-0.15, -0.1) is 11.8 Å². The molecule has 162 valence electrons. The van der Waals surface area contributed by atoms with Gasteiger partial charge in [-0.25, -0.2) is 9.97 Å². The number of nitrogens with one attached hydrogen (secondary N) is 1. The van der Waals surface area contributed by atoms with E-state index in [1.54, 1.807) is 6.26 Å². The van der Waals surface area contributed by atoms with Crippen molar-refractivity contribution in [1.82, 2.24) is 14.5 Å². The lowest BCUT2D eigenvalue weighted by Gasteiger charge is -2.11. The van der Waals surface area contributed by atoms with Gasteiger partial charge in [-0.05, 0) is 37.1 Å². The molecule has 0 atom stereocenters. The lowest BCUT2D eigenvalue weighted by molar-refractivity contribution is -0.113. The first-order valence-corrected chi connectivity index (χ1v) is 11.9. The topological polar surface area (TPSA) is 73.0 Å². The Kier molecular flexibility index (Phi) is 6.07. The number of fused-ring (bicyclic) bond motifs is 1. The van der Waals surface area contributed by atoms with Gasteiger partial charge in [0.25, 0.3) is 0 Å². The number of nitrogens with zero attached hydrogens (tertiary/aromatic N) is 3. The summed E-state index contributed by atoms with van der Waals surface area (Å²) in [6, 6.07) is 17.7. The Bertz CT molecular complexity index is 1170. The van der Waals surface area contributed by atoms with Gasteiger partial charge in [0.1, 0.15) is 12.1 Å². The molecule has 0 radical (unpaired) electrons. The Morgan fingerprint density at radius 3 is 2.69 bits per heavy atom. The first-order valence-electron chi connectivity index (χ1n) is 10.8. The third-order valence-corrected chi connectivity index (χ3v) is 6.39. The maximum atomic E-state index is 12.3. The van der Waals surface area contributed by atoms with Crippen molar-refractivity contribution in [1.29, 1.82) is 0 Å². The molecule has 5 rings (SSSR count). The molecule has 0 saturated heterocycles. The van der Waals surface area contributed by atoms with Gasteiger partial charge in [-0.1, -0.05) is 30.3 Å². The number of anilines is 1. The Morgan fingerprint density at radius 1 is 1.03 bits per heavy atom. The van der Waals surface area contributed by atoms with E-state index in [-0.39, 0.29) is 5.91 Å². The van der Waals surface area contributed by atoms with Crippen molar-refractivity contribution in [2.75, 3.05) is 11.1 Å². The zero-order chi connectivity index (χ0) is 21.8. The Hall–Kier alpha value is -3.32. The number of aryl methyl sites for hydroxylation is 2. The van der Waals surface area contributed by atoms with E-state index in [1.165, 1.54) is 30.4 Å². The number of amides is 1. The Labute approximate surface area is 191 Å². The van der Waals surface area contributed by atoms with Crippen LogP contribution in [0.4, 0.5) is 5.69 Å². The number of carbonyl (C=O) groups excluding carboxylic acids is 1. The molecule has 2 aromatic heterocycles. The average molecular weight is 445 g/mol. The van der Waals surface area contributed by atoms with Crippen LogP contribution < -0.4 is 5.32 Å². The zero-order valence-corrected chi connectivity index (χ0v) is 18.5. The van der Waals surface area contributed by atoms with E-state index in [0.717, 1.165) is 41.2 Å². The van der Waals surface area contributed by atoms with Crippen LogP contribution in [0.2, 0.25) is 0 Å². The average Bonchev–Trinajstić information content (AvgIpc) is 3.47. The number of oxazole rings is 1. The van der Waals surface area contributed by atoms with E-state index in [1.807, 2.05) is 54.6 Å². The maximum absolute atomic E-state index is 12.3. The fraction of sp³-hybridized carbons (Fsp3) is 0.240. The van der Waals surface area contributed by atoms with E-state index in [2.05, 4.69) is 21.1 Å². The molecule has 3 heterocycles. The number of hydrogen-bond donors (Lipinski definition) is 1. The van der Waals surface area contributed by atoms with Crippen LogP contribution in [0, 0.1) is 0 Å². The summed E-state index contributed by atoms with van der Waals surface area (Å²) in [4.78, 5) is 21.6. The molecule has 2 aromatic carbocycles. The fourth-order valence-electron chi connectivity index (χ4n) is 3.81. The second kappa shape index (κ2) is 9.44. The van der Waals surface area contributed by atoms with Gasteiger partial charge in [0.15, 0.2) is 0 Å². The molecule has 4 aromatic rings. The summed E-state index contributed by atoms with van der Waals surface area (Å²) in [6.45, 7) is 1.05. The van der Waals surface area contributed by atoms with Crippen LogP contribution in [-0.4, -0.2) is 26.2 Å². The molecule has 1 aliphatic heterocycles. The number of imidazole rings is 1. The number of thioether (sulfide) groups is 1. The Morgan fingerprint density at radius 2 is 1.88 bits per heavy atom. The van der Waals surface area contributed by atoms with Crippen molar-refractivity contribution in [3.05, 3.63) is 78.6 Å². The molecule has 1 N–H and O–H groups in total. The van der Waals surface area contributed by atoms with E-state index in [4.69, 9.17) is 9.40 Å². The molecule has 0 saturated carbocycles. The van der Waals surface area contributed by atoms with Gasteiger partial charge in [-0.2, -0.15) is 0 Å². The van der Waals surface area contributed by atoms with Crippen molar-refractivity contribution in [2.24, 2.45) is 0 Å². The van der Waals surface area contributed by atoms with Gasteiger partial charge < -0.3 is 14.3 Å². The molecular weight excluding hydrogens is 420 g/mol. The van der Waals surface area contributed by atoms with Gasteiger partial charge in [0, 0.05) is 41.7 Å². The largest absolute Gasteiger partial charge is 0.444 e. The molecule has 32 heavy (non-hydrogen) atoms. The monoisotopic (exact) mass is 444 g/mol. The minimum absolute atomic E-state index is 0.0352. The number of benzene rings is 2. The van der Waals surface area contributed by atoms with Crippen molar-refractivity contribution in [3.63, 3.8) is 0 Å². The van der Waals surface area contributed by atoms with E-state index in [9.17, 15) is 4.79 Å². The second-order valence-electron chi connectivity index (χ2n) is 7.82. The number of hydrogen-bond acceptors (Lipinski definition) is 5.